The monoisotopic (exact) mass is 553 g/mol. The Balaban J connectivity index is 1.53. The van der Waals surface area contributed by atoms with Crippen molar-refractivity contribution in [3.8, 4) is 0 Å². The highest BCUT2D eigenvalue weighted by atomic mass is 15.4. The largest absolute Gasteiger partial charge is 0.356 e. The van der Waals surface area contributed by atoms with E-state index < -0.39 is 0 Å². The van der Waals surface area contributed by atoms with Crippen LogP contribution in [0.3, 0.4) is 0 Å². The standard InChI is InChI=1S/C38H68N2/c1-3-5-7-9-11-13-14-15-16-17-18-19-20-22-24-29-33-38-39(34-30-25-23-21-12-10-8-6-4-2)35-36-40(38)37-31-27-26-28-32-37/h26-28,31-32,35-36,38H,3-25,29-30,33-34H2,1-2H3. The normalized spacial score (nSPS) is 15.0. The average Bonchev–Trinajstić information content (AvgIpc) is 3.39. The van der Waals surface area contributed by atoms with E-state index in [-0.39, 0.29) is 0 Å². The molecule has 0 fully saturated rings. The van der Waals surface area contributed by atoms with Crippen LogP contribution in [0.2, 0.25) is 0 Å². The molecule has 1 heterocycles. The second-order valence-corrected chi connectivity index (χ2v) is 12.7. The number of hydrogen-bond acceptors (Lipinski definition) is 2. The molecule has 230 valence electrons. The van der Waals surface area contributed by atoms with E-state index in [2.05, 4.69) is 66.4 Å². The molecule has 2 heteroatoms. The molecule has 2 nitrogen and oxygen atoms in total. The lowest BCUT2D eigenvalue weighted by Gasteiger charge is -2.33. The SMILES string of the molecule is CCCCCCCCCCCCCCCCCCC1N(CCCCCCCCCCC)C=CN1c1ccccc1. The van der Waals surface area contributed by atoms with Crippen LogP contribution in [0.5, 0.6) is 0 Å². The number of hydrogen-bond donors (Lipinski definition) is 0. The second kappa shape index (κ2) is 25.3. The number of benzene rings is 1. The molecule has 1 atom stereocenters. The third-order valence-electron chi connectivity index (χ3n) is 9.01. The Kier molecular flexibility index (Phi) is 22.0. The molecule has 40 heavy (non-hydrogen) atoms. The van der Waals surface area contributed by atoms with Gasteiger partial charge in [0.25, 0.3) is 0 Å². The topological polar surface area (TPSA) is 6.48 Å². The van der Waals surface area contributed by atoms with Gasteiger partial charge in [0, 0.05) is 24.6 Å². The van der Waals surface area contributed by atoms with Crippen LogP contribution in [0.4, 0.5) is 5.69 Å². The zero-order valence-corrected chi connectivity index (χ0v) is 27.1. The molecule has 1 aliphatic rings. The summed E-state index contributed by atoms with van der Waals surface area (Å²) >= 11 is 0. The van der Waals surface area contributed by atoms with Gasteiger partial charge >= 0.3 is 0 Å². The van der Waals surface area contributed by atoms with Crippen LogP contribution >= 0.6 is 0 Å². The van der Waals surface area contributed by atoms with Crippen LogP contribution in [-0.4, -0.2) is 17.6 Å². The minimum atomic E-state index is 0.503. The molecule has 0 saturated carbocycles. The molecule has 1 unspecified atom stereocenters. The first-order valence-corrected chi connectivity index (χ1v) is 18.1. The van der Waals surface area contributed by atoms with E-state index in [1.165, 1.54) is 179 Å². The van der Waals surface area contributed by atoms with E-state index in [1.807, 2.05) is 0 Å². The van der Waals surface area contributed by atoms with Crippen LogP contribution in [0.1, 0.15) is 181 Å². The van der Waals surface area contributed by atoms with Crippen molar-refractivity contribution in [3.05, 3.63) is 42.7 Å². The molecule has 0 aliphatic carbocycles. The molecule has 0 N–H and O–H groups in total. The summed E-state index contributed by atoms with van der Waals surface area (Å²) < 4.78 is 0. The lowest BCUT2D eigenvalue weighted by atomic mass is 10.0. The van der Waals surface area contributed by atoms with Gasteiger partial charge in [-0.05, 0) is 31.4 Å². The minimum absolute atomic E-state index is 0.503. The van der Waals surface area contributed by atoms with Crippen molar-refractivity contribution < 1.29 is 0 Å². The van der Waals surface area contributed by atoms with E-state index in [1.54, 1.807) is 0 Å². The predicted molar refractivity (Wildman–Crippen MR) is 180 cm³/mol. The highest BCUT2D eigenvalue weighted by molar-refractivity contribution is 5.51. The fourth-order valence-corrected chi connectivity index (χ4v) is 6.38. The van der Waals surface area contributed by atoms with Crippen molar-refractivity contribution in [2.24, 2.45) is 0 Å². The summed E-state index contributed by atoms with van der Waals surface area (Å²) in [6.07, 6.45) is 42.1. The molecule has 2 rings (SSSR count). The van der Waals surface area contributed by atoms with Gasteiger partial charge in [-0.1, -0.05) is 180 Å². The van der Waals surface area contributed by atoms with Crippen LogP contribution in [0.15, 0.2) is 42.7 Å². The third kappa shape index (κ3) is 16.7. The maximum absolute atomic E-state index is 2.64. The number of unbranched alkanes of at least 4 members (excludes halogenated alkanes) is 23. The van der Waals surface area contributed by atoms with Gasteiger partial charge in [-0.3, -0.25) is 0 Å². The minimum Gasteiger partial charge on any atom is -0.356 e. The Hall–Kier alpha value is -1.44. The summed E-state index contributed by atoms with van der Waals surface area (Å²) in [4.78, 5) is 5.17. The first kappa shape index (κ1) is 34.8. The van der Waals surface area contributed by atoms with Crippen molar-refractivity contribution in [1.82, 2.24) is 4.90 Å². The molecule has 1 aromatic rings. The van der Waals surface area contributed by atoms with Crippen molar-refractivity contribution in [2.75, 3.05) is 11.4 Å². The van der Waals surface area contributed by atoms with Crippen molar-refractivity contribution in [1.29, 1.82) is 0 Å². The summed E-state index contributed by atoms with van der Waals surface area (Å²) in [5.41, 5.74) is 1.34. The zero-order chi connectivity index (χ0) is 28.4. The van der Waals surface area contributed by atoms with Gasteiger partial charge < -0.3 is 9.80 Å². The van der Waals surface area contributed by atoms with Gasteiger partial charge in [0.05, 0.1) is 0 Å². The molecular weight excluding hydrogens is 484 g/mol. The number of anilines is 1. The van der Waals surface area contributed by atoms with E-state index >= 15 is 0 Å². The lowest BCUT2D eigenvalue weighted by molar-refractivity contribution is 0.273. The van der Waals surface area contributed by atoms with Crippen LogP contribution in [0.25, 0.3) is 0 Å². The highest BCUT2D eigenvalue weighted by Crippen LogP contribution is 2.28. The highest BCUT2D eigenvalue weighted by Gasteiger charge is 2.26. The van der Waals surface area contributed by atoms with E-state index in [9.17, 15) is 0 Å². The van der Waals surface area contributed by atoms with Gasteiger partial charge in [-0.2, -0.15) is 0 Å². The summed E-state index contributed by atoms with van der Waals surface area (Å²) in [5, 5.41) is 0. The molecule has 0 aromatic heterocycles. The quantitative estimate of drug-likeness (QED) is 0.0954. The second-order valence-electron chi connectivity index (χ2n) is 12.7. The van der Waals surface area contributed by atoms with Gasteiger partial charge in [0.15, 0.2) is 0 Å². The summed E-state index contributed by atoms with van der Waals surface area (Å²) in [7, 11) is 0. The Morgan fingerprint density at radius 2 is 0.850 bits per heavy atom. The number of nitrogens with zero attached hydrogens (tertiary/aromatic N) is 2. The van der Waals surface area contributed by atoms with Crippen molar-refractivity contribution in [3.63, 3.8) is 0 Å². The molecule has 0 spiro atoms. The van der Waals surface area contributed by atoms with Gasteiger partial charge in [-0.15, -0.1) is 0 Å². The first-order valence-electron chi connectivity index (χ1n) is 18.1. The Bertz CT molecular complexity index is 684. The lowest BCUT2D eigenvalue weighted by Crippen LogP contribution is -2.39. The van der Waals surface area contributed by atoms with Crippen LogP contribution in [-0.2, 0) is 0 Å². The molecule has 0 saturated heterocycles. The average molecular weight is 553 g/mol. The van der Waals surface area contributed by atoms with Gasteiger partial charge in [0.1, 0.15) is 6.17 Å². The fraction of sp³-hybridized carbons (Fsp3) is 0.789. The maximum Gasteiger partial charge on any atom is 0.105 e. The third-order valence-corrected chi connectivity index (χ3v) is 9.01. The Labute approximate surface area is 251 Å². The number of rotatable bonds is 28. The molecule has 0 amide bonds. The Morgan fingerprint density at radius 1 is 0.450 bits per heavy atom. The predicted octanol–water partition coefficient (Wildman–Crippen LogP) is 12.8. The fourth-order valence-electron chi connectivity index (χ4n) is 6.38. The smallest absolute Gasteiger partial charge is 0.105 e. The van der Waals surface area contributed by atoms with Crippen LogP contribution < -0.4 is 4.90 Å². The summed E-state index contributed by atoms with van der Waals surface area (Å²) in [6.45, 7) is 5.82. The molecular formula is C38H68N2. The molecule has 1 aromatic carbocycles. The molecule has 0 bridgehead atoms. The first-order chi connectivity index (χ1) is 19.9. The molecule has 0 radical (unpaired) electrons. The summed E-state index contributed by atoms with van der Waals surface area (Å²) in [5.74, 6) is 0. The van der Waals surface area contributed by atoms with E-state index in [0.29, 0.717) is 6.17 Å². The summed E-state index contributed by atoms with van der Waals surface area (Å²) in [6, 6.07) is 11.0. The van der Waals surface area contributed by atoms with Crippen molar-refractivity contribution >= 4 is 5.69 Å². The zero-order valence-electron chi connectivity index (χ0n) is 27.1. The Morgan fingerprint density at radius 3 is 1.30 bits per heavy atom. The van der Waals surface area contributed by atoms with E-state index in [4.69, 9.17) is 0 Å². The van der Waals surface area contributed by atoms with Gasteiger partial charge in [0.2, 0.25) is 0 Å². The molecule has 1 aliphatic heterocycles. The maximum atomic E-state index is 2.64. The van der Waals surface area contributed by atoms with Crippen LogP contribution in [0, 0.1) is 0 Å². The van der Waals surface area contributed by atoms with Gasteiger partial charge in [-0.25, -0.2) is 0 Å². The van der Waals surface area contributed by atoms with E-state index in [0.717, 1.165) is 0 Å². The van der Waals surface area contributed by atoms with Crippen molar-refractivity contribution in [2.45, 2.75) is 187 Å². The number of para-hydroxylation sites is 1.